The molecule has 2 amide bonds. The first-order valence-corrected chi connectivity index (χ1v) is 15.6. The Kier molecular flexibility index (Phi) is 35.1. The normalized spacial score (nSPS) is 12.0. The van der Waals surface area contributed by atoms with Crippen molar-refractivity contribution in [3.8, 4) is 0 Å². The number of nitrogens with one attached hydrogen (secondary N) is 1. The largest absolute Gasteiger partial charge is 0.390 e. The number of aryl methyl sites for hydroxylation is 3. The lowest BCUT2D eigenvalue weighted by Crippen LogP contribution is -2.42. The maximum atomic E-state index is 11.3. The van der Waals surface area contributed by atoms with Crippen LogP contribution in [0, 0.1) is 20.8 Å². The number of likely N-dealkylation sites (tertiary alicyclic amines) is 1. The predicted octanol–water partition coefficient (Wildman–Crippen LogP) is 8.03. The summed E-state index contributed by atoms with van der Waals surface area (Å²) >= 11 is 1.67. The van der Waals surface area contributed by atoms with Crippen LogP contribution in [0.2, 0.25) is 0 Å². The van der Waals surface area contributed by atoms with Gasteiger partial charge in [-0.25, -0.2) is 8.78 Å². The second-order valence-electron chi connectivity index (χ2n) is 8.95. The average molecular weight is 629 g/mol. The van der Waals surface area contributed by atoms with Crippen LogP contribution in [-0.4, -0.2) is 59.2 Å². The minimum atomic E-state index is -2.34. The summed E-state index contributed by atoms with van der Waals surface area (Å²) in [7, 11) is 0. The van der Waals surface area contributed by atoms with Gasteiger partial charge in [-0.15, -0.1) is 17.9 Å². The van der Waals surface area contributed by atoms with Gasteiger partial charge in [0, 0.05) is 18.0 Å². The number of carbonyl (C=O) groups excluding carboxylic acids is 2. The zero-order valence-corrected chi connectivity index (χ0v) is 28.9. The third kappa shape index (κ3) is 27.7. The molecular formula is C34H58F2N2O4S. The SMILES string of the molecule is C=C(C)C(F)F.C=CC.CC.CC.CC(O)C(O)C(=O)N1CCCC1.Cc1ccccc1C.Cc1csc(CNC=O)c1. The topological polar surface area (TPSA) is 89.9 Å². The van der Waals surface area contributed by atoms with E-state index in [-0.39, 0.29) is 11.5 Å². The molecule has 6 nitrogen and oxygen atoms in total. The summed E-state index contributed by atoms with van der Waals surface area (Å²) < 4.78 is 22.1. The molecule has 0 spiro atoms. The van der Waals surface area contributed by atoms with Gasteiger partial charge in [0.15, 0.2) is 6.10 Å². The predicted molar refractivity (Wildman–Crippen MR) is 181 cm³/mol. The van der Waals surface area contributed by atoms with Crippen LogP contribution in [0.3, 0.4) is 0 Å². The number of nitrogens with zero attached hydrogens (tertiary/aromatic N) is 1. The summed E-state index contributed by atoms with van der Waals surface area (Å²) in [5, 5.41) is 22.8. The van der Waals surface area contributed by atoms with Crippen LogP contribution in [0.1, 0.15) is 82.9 Å². The fraction of sp³-hybridized carbons (Fsp3) is 0.529. The second kappa shape index (κ2) is 32.0. The Hall–Kier alpha value is -2.88. The van der Waals surface area contributed by atoms with Gasteiger partial charge in [0.1, 0.15) is 0 Å². The number of alkyl halides is 2. The quantitative estimate of drug-likeness (QED) is 0.223. The molecular weight excluding hydrogens is 570 g/mol. The molecule has 0 saturated carbocycles. The van der Waals surface area contributed by atoms with E-state index < -0.39 is 18.6 Å². The Morgan fingerprint density at radius 1 is 1.07 bits per heavy atom. The number of hydrogen-bond donors (Lipinski definition) is 3. The van der Waals surface area contributed by atoms with Gasteiger partial charge in [-0.3, -0.25) is 9.59 Å². The fourth-order valence-corrected chi connectivity index (χ4v) is 3.55. The zero-order chi connectivity index (χ0) is 34.4. The van der Waals surface area contributed by atoms with Crippen LogP contribution in [0.15, 0.2) is 60.5 Å². The highest BCUT2D eigenvalue weighted by molar-refractivity contribution is 7.10. The van der Waals surface area contributed by atoms with E-state index in [9.17, 15) is 23.5 Å². The van der Waals surface area contributed by atoms with Crippen LogP contribution in [0.5, 0.6) is 0 Å². The minimum absolute atomic E-state index is 0.0741. The fourth-order valence-electron chi connectivity index (χ4n) is 2.72. The summed E-state index contributed by atoms with van der Waals surface area (Å²) in [6.45, 7) is 27.3. The van der Waals surface area contributed by atoms with Crippen LogP contribution in [0.4, 0.5) is 8.78 Å². The number of halogens is 2. The van der Waals surface area contributed by atoms with Crippen molar-refractivity contribution in [3.05, 3.63) is 82.1 Å². The number of amides is 2. The number of hydrogen-bond acceptors (Lipinski definition) is 5. The van der Waals surface area contributed by atoms with E-state index in [0.29, 0.717) is 19.6 Å². The van der Waals surface area contributed by atoms with Crippen molar-refractivity contribution in [2.24, 2.45) is 0 Å². The number of aliphatic hydroxyl groups excluding tert-OH is 2. The molecule has 2 unspecified atom stereocenters. The van der Waals surface area contributed by atoms with E-state index in [1.807, 2.05) is 41.5 Å². The van der Waals surface area contributed by atoms with E-state index in [2.05, 4.69) is 68.0 Å². The maximum absolute atomic E-state index is 11.3. The number of allylic oxidation sites excluding steroid dienone is 2. The smallest absolute Gasteiger partial charge is 0.259 e. The summed E-state index contributed by atoms with van der Waals surface area (Å²) in [5.41, 5.74) is 3.92. The minimum Gasteiger partial charge on any atom is -0.390 e. The Labute approximate surface area is 264 Å². The summed E-state index contributed by atoms with van der Waals surface area (Å²) in [5.74, 6) is -0.345. The van der Waals surface area contributed by atoms with Crippen molar-refractivity contribution in [2.75, 3.05) is 13.1 Å². The molecule has 1 aliphatic heterocycles. The van der Waals surface area contributed by atoms with E-state index in [1.54, 1.807) is 22.3 Å². The monoisotopic (exact) mass is 628 g/mol. The van der Waals surface area contributed by atoms with Crippen LogP contribution < -0.4 is 5.32 Å². The molecule has 2 aromatic rings. The Morgan fingerprint density at radius 2 is 1.49 bits per heavy atom. The molecule has 1 saturated heterocycles. The molecule has 43 heavy (non-hydrogen) atoms. The number of aliphatic hydroxyl groups is 2. The molecule has 1 aromatic heterocycles. The zero-order valence-electron chi connectivity index (χ0n) is 28.1. The molecule has 9 heteroatoms. The Balaban J connectivity index is -0.000000225. The van der Waals surface area contributed by atoms with Gasteiger partial charge in [-0.2, -0.15) is 0 Å². The third-order valence-electron chi connectivity index (χ3n) is 5.07. The first kappa shape index (κ1) is 47.1. The van der Waals surface area contributed by atoms with Crippen LogP contribution >= 0.6 is 11.3 Å². The van der Waals surface area contributed by atoms with Gasteiger partial charge in [0.25, 0.3) is 12.3 Å². The van der Waals surface area contributed by atoms with E-state index in [1.165, 1.54) is 35.4 Å². The van der Waals surface area contributed by atoms with Crippen molar-refractivity contribution in [1.29, 1.82) is 0 Å². The highest BCUT2D eigenvalue weighted by Gasteiger charge is 2.27. The first-order valence-electron chi connectivity index (χ1n) is 14.7. The van der Waals surface area contributed by atoms with Gasteiger partial charge >= 0.3 is 0 Å². The van der Waals surface area contributed by atoms with Crippen molar-refractivity contribution in [3.63, 3.8) is 0 Å². The summed E-state index contributed by atoms with van der Waals surface area (Å²) in [6.07, 6.45) is -0.0998. The highest BCUT2D eigenvalue weighted by atomic mass is 32.1. The van der Waals surface area contributed by atoms with Gasteiger partial charge in [-0.1, -0.05) is 64.6 Å². The molecule has 248 valence electrons. The van der Waals surface area contributed by atoms with Gasteiger partial charge in [-0.05, 0) is 88.1 Å². The molecule has 0 bridgehead atoms. The lowest BCUT2D eigenvalue weighted by atomic mass is 10.1. The molecule has 2 atom stereocenters. The molecule has 3 rings (SSSR count). The first-order chi connectivity index (χ1) is 20.3. The molecule has 3 N–H and O–H groups in total. The number of thiophene rings is 1. The third-order valence-corrected chi connectivity index (χ3v) is 6.12. The Morgan fingerprint density at radius 3 is 1.77 bits per heavy atom. The van der Waals surface area contributed by atoms with Gasteiger partial charge < -0.3 is 20.4 Å². The van der Waals surface area contributed by atoms with Crippen molar-refractivity contribution < 1.29 is 28.6 Å². The lowest BCUT2D eigenvalue weighted by Gasteiger charge is -2.20. The van der Waals surface area contributed by atoms with Gasteiger partial charge in [0.2, 0.25) is 6.41 Å². The lowest BCUT2D eigenvalue weighted by molar-refractivity contribution is -0.144. The molecule has 0 radical (unpaired) electrons. The number of rotatable bonds is 6. The van der Waals surface area contributed by atoms with Crippen molar-refractivity contribution in [1.82, 2.24) is 10.2 Å². The molecule has 1 aliphatic rings. The van der Waals surface area contributed by atoms with E-state index in [4.69, 9.17) is 5.11 Å². The molecule has 1 fully saturated rings. The van der Waals surface area contributed by atoms with E-state index >= 15 is 0 Å². The van der Waals surface area contributed by atoms with Crippen LogP contribution in [-0.2, 0) is 16.1 Å². The molecule has 2 heterocycles. The van der Waals surface area contributed by atoms with Crippen molar-refractivity contribution in [2.45, 2.75) is 107 Å². The molecule has 1 aromatic carbocycles. The summed E-state index contributed by atoms with van der Waals surface area (Å²) in [6, 6.07) is 10.4. The second-order valence-corrected chi connectivity index (χ2v) is 9.94. The van der Waals surface area contributed by atoms with Crippen LogP contribution in [0.25, 0.3) is 0 Å². The van der Waals surface area contributed by atoms with E-state index in [0.717, 1.165) is 19.3 Å². The number of carbonyl (C=O) groups is 2. The average Bonchev–Trinajstić information content (AvgIpc) is 3.68. The maximum Gasteiger partial charge on any atom is 0.259 e. The molecule has 0 aliphatic carbocycles. The highest BCUT2D eigenvalue weighted by Crippen LogP contribution is 2.12. The van der Waals surface area contributed by atoms with Gasteiger partial charge in [0.05, 0.1) is 12.6 Å². The summed E-state index contributed by atoms with van der Waals surface area (Å²) in [4.78, 5) is 24.0. The number of benzene rings is 1. The Bertz CT molecular complexity index is 934. The van der Waals surface area contributed by atoms with Crippen molar-refractivity contribution >= 4 is 23.7 Å². The standard InChI is InChI=1S/C8H15NO3.C8H10.C7H9NOS.C4H6F2.C3H6.2C2H6/c1-6(10)7(11)8(12)9-4-2-3-5-9;1-7-5-3-4-6-8(7)2;1-6-2-7(10-4-6)3-8-5-9;1-3(2)4(5)6;1-3-2;2*1-2/h6-7,10-11H,2-5H2,1H3;3-6H,1-2H3;2,4-5H,3H2,1H3,(H,8,9);4H,1H2,2H3;3H,1H2,2H3;2*1-2H3.